The number of anilines is 1. The molecule has 0 amide bonds. The number of nitrogens with zero attached hydrogens (tertiary/aromatic N) is 1. The Morgan fingerprint density at radius 1 is 1.19 bits per heavy atom. The minimum absolute atomic E-state index is 0.405. The van der Waals surface area contributed by atoms with E-state index in [9.17, 15) is 0 Å². The topological polar surface area (TPSA) is 29.3 Å². The van der Waals surface area contributed by atoms with Crippen molar-refractivity contribution in [3.63, 3.8) is 0 Å². The van der Waals surface area contributed by atoms with E-state index < -0.39 is 0 Å². The summed E-state index contributed by atoms with van der Waals surface area (Å²) >= 11 is 0. The predicted octanol–water partition coefficient (Wildman–Crippen LogP) is 2.72. The standard InChI is InChI=1S/C14H24N2/c1-10(2)14(9-15)16(5)13-7-6-11(3)12(4)8-13/h6-8,10,14H,9,15H2,1-5H3. The van der Waals surface area contributed by atoms with E-state index in [2.05, 4.69) is 57.8 Å². The normalized spacial score (nSPS) is 12.9. The largest absolute Gasteiger partial charge is 0.370 e. The molecule has 2 N–H and O–H groups in total. The lowest BCUT2D eigenvalue weighted by molar-refractivity contribution is 0.480. The van der Waals surface area contributed by atoms with Crippen LogP contribution in [0.1, 0.15) is 25.0 Å². The van der Waals surface area contributed by atoms with E-state index in [-0.39, 0.29) is 0 Å². The van der Waals surface area contributed by atoms with Crippen LogP contribution in [0.4, 0.5) is 5.69 Å². The third-order valence-corrected chi connectivity index (χ3v) is 3.41. The first-order valence-electron chi connectivity index (χ1n) is 5.97. The summed E-state index contributed by atoms with van der Waals surface area (Å²) in [6.45, 7) is 9.42. The zero-order valence-electron chi connectivity index (χ0n) is 11.1. The van der Waals surface area contributed by atoms with Gasteiger partial charge in [0.1, 0.15) is 0 Å². The lowest BCUT2D eigenvalue weighted by Gasteiger charge is -2.32. The smallest absolute Gasteiger partial charge is 0.0431 e. The molecule has 0 heterocycles. The maximum Gasteiger partial charge on any atom is 0.0431 e. The zero-order valence-corrected chi connectivity index (χ0v) is 11.1. The Hall–Kier alpha value is -1.02. The second-order valence-electron chi connectivity index (χ2n) is 4.93. The molecule has 2 nitrogen and oxygen atoms in total. The van der Waals surface area contributed by atoms with Crippen LogP contribution in [-0.4, -0.2) is 19.6 Å². The van der Waals surface area contributed by atoms with Crippen molar-refractivity contribution >= 4 is 5.69 Å². The van der Waals surface area contributed by atoms with E-state index in [1.54, 1.807) is 0 Å². The highest BCUT2D eigenvalue weighted by Gasteiger charge is 2.17. The third kappa shape index (κ3) is 2.76. The molecular weight excluding hydrogens is 196 g/mol. The van der Waals surface area contributed by atoms with Gasteiger partial charge >= 0.3 is 0 Å². The van der Waals surface area contributed by atoms with Gasteiger partial charge < -0.3 is 10.6 Å². The van der Waals surface area contributed by atoms with Gasteiger partial charge in [0.15, 0.2) is 0 Å². The lowest BCUT2D eigenvalue weighted by atomic mass is 10.0. The summed E-state index contributed by atoms with van der Waals surface area (Å²) in [5, 5.41) is 0. The highest BCUT2D eigenvalue weighted by Crippen LogP contribution is 2.21. The molecule has 0 aliphatic heterocycles. The molecule has 2 heteroatoms. The van der Waals surface area contributed by atoms with Gasteiger partial charge in [0.25, 0.3) is 0 Å². The molecular formula is C14H24N2. The minimum atomic E-state index is 0.405. The van der Waals surface area contributed by atoms with Gasteiger partial charge in [-0.25, -0.2) is 0 Å². The van der Waals surface area contributed by atoms with Crippen LogP contribution >= 0.6 is 0 Å². The molecule has 0 radical (unpaired) electrons. The van der Waals surface area contributed by atoms with Crippen LogP contribution in [0.15, 0.2) is 18.2 Å². The SMILES string of the molecule is Cc1ccc(N(C)C(CN)C(C)C)cc1C. The fourth-order valence-electron chi connectivity index (χ4n) is 2.01. The van der Waals surface area contributed by atoms with Crippen molar-refractivity contribution in [3.8, 4) is 0 Å². The van der Waals surface area contributed by atoms with E-state index >= 15 is 0 Å². The number of hydrogen-bond donors (Lipinski definition) is 1. The summed E-state index contributed by atoms with van der Waals surface area (Å²) in [5.41, 5.74) is 9.77. The quantitative estimate of drug-likeness (QED) is 0.845. The molecule has 0 saturated carbocycles. The van der Waals surface area contributed by atoms with E-state index in [0.29, 0.717) is 18.5 Å². The van der Waals surface area contributed by atoms with Crippen molar-refractivity contribution < 1.29 is 0 Å². The molecule has 1 atom stereocenters. The van der Waals surface area contributed by atoms with Crippen LogP contribution < -0.4 is 10.6 Å². The summed E-state index contributed by atoms with van der Waals surface area (Å²) in [4.78, 5) is 2.29. The van der Waals surface area contributed by atoms with Gasteiger partial charge in [0.05, 0.1) is 0 Å². The average Bonchev–Trinajstić information content (AvgIpc) is 2.22. The molecule has 0 bridgehead atoms. The molecule has 1 aromatic carbocycles. The highest BCUT2D eigenvalue weighted by atomic mass is 15.1. The Kier molecular flexibility index (Phi) is 4.36. The Labute approximate surface area is 99.5 Å². The monoisotopic (exact) mass is 220 g/mol. The minimum Gasteiger partial charge on any atom is -0.370 e. The van der Waals surface area contributed by atoms with Gasteiger partial charge in [-0.15, -0.1) is 0 Å². The van der Waals surface area contributed by atoms with Crippen molar-refractivity contribution in [2.75, 3.05) is 18.5 Å². The van der Waals surface area contributed by atoms with Crippen molar-refractivity contribution in [1.29, 1.82) is 0 Å². The zero-order chi connectivity index (χ0) is 12.3. The average molecular weight is 220 g/mol. The van der Waals surface area contributed by atoms with Gasteiger partial charge in [0, 0.05) is 25.3 Å². The Morgan fingerprint density at radius 3 is 2.25 bits per heavy atom. The maximum atomic E-state index is 5.84. The van der Waals surface area contributed by atoms with Gasteiger partial charge in [-0.05, 0) is 43.0 Å². The highest BCUT2D eigenvalue weighted by molar-refractivity contribution is 5.51. The number of nitrogens with two attached hydrogens (primary N) is 1. The first kappa shape index (κ1) is 13.0. The summed E-state index contributed by atoms with van der Waals surface area (Å²) in [7, 11) is 2.13. The third-order valence-electron chi connectivity index (χ3n) is 3.41. The van der Waals surface area contributed by atoms with Crippen LogP contribution in [0, 0.1) is 19.8 Å². The fraction of sp³-hybridized carbons (Fsp3) is 0.571. The van der Waals surface area contributed by atoms with Crippen molar-refractivity contribution in [3.05, 3.63) is 29.3 Å². The molecule has 1 rings (SSSR count). The van der Waals surface area contributed by atoms with Gasteiger partial charge in [-0.3, -0.25) is 0 Å². The van der Waals surface area contributed by atoms with Crippen LogP contribution in [0.5, 0.6) is 0 Å². The van der Waals surface area contributed by atoms with Crippen molar-refractivity contribution in [2.24, 2.45) is 11.7 Å². The van der Waals surface area contributed by atoms with Gasteiger partial charge in [-0.2, -0.15) is 0 Å². The Morgan fingerprint density at radius 2 is 1.81 bits per heavy atom. The molecule has 0 aliphatic rings. The Bertz CT molecular complexity index is 345. The molecule has 0 aromatic heterocycles. The number of benzene rings is 1. The first-order chi connectivity index (χ1) is 7.47. The molecule has 90 valence electrons. The number of aryl methyl sites for hydroxylation is 2. The lowest BCUT2D eigenvalue weighted by Crippen LogP contribution is -2.41. The van der Waals surface area contributed by atoms with E-state index in [0.717, 1.165) is 0 Å². The van der Waals surface area contributed by atoms with E-state index in [1.165, 1.54) is 16.8 Å². The molecule has 16 heavy (non-hydrogen) atoms. The summed E-state index contributed by atoms with van der Waals surface area (Å²) in [5.74, 6) is 0.566. The fourth-order valence-corrected chi connectivity index (χ4v) is 2.01. The van der Waals surface area contributed by atoms with Crippen LogP contribution in [0.3, 0.4) is 0 Å². The van der Waals surface area contributed by atoms with Crippen molar-refractivity contribution in [1.82, 2.24) is 0 Å². The summed E-state index contributed by atoms with van der Waals surface area (Å²) in [6, 6.07) is 6.99. The number of likely N-dealkylation sites (N-methyl/N-ethyl adjacent to an activating group) is 1. The molecule has 1 aromatic rings. The van der Waals surface area contributed by atoms with E-state index in [4.69, 9.17) is 5.73 Å². The van der Waals surface area contributed by atoms with Crippen LogP contribution in [0.2, 0.25) is 0 Å². The first-order valence-corrected chi connectivity index (χ1v) is 5.97. The van der Waals surface area contributed by atoms with Crippen molar-refractivity contribution in [2.45, 2.75) is 33.7 Å². The second-order valence-corrected chi connectivity index (χ2v) is 4.93. The Balaban J connectivity index is 2.94. The molecule has 0 saturated heterocycles. The van der Waals surface area contributed by atoms with Gasteiger partial charge in [0.2, 0.25) is 0 Å². The number of hydrogen-bond acceptors (Lipinski definition) is 2. The maximum absolute atomic E-state index is 5.84. The van der Waals surface area contributed by atoms with Crippen LogP contribution in [0.25, 0.3) is 0 Å². The van der Waals surface area contributed by atoms with E-state index in [1.807, 2.05) is 0 Å². The number of rotatable bonds is 4. The second kappa shape index (κ2) is 5.35. The summed E-state index contributed by atoms with van der Waals surface area (Å²) < 4.78 is 0. The van der Waals surface area contributed by atoms with Gasteiger partial charge in [-0.1, -0.05) is 19.9 Å². The molecule has 0 aliphatic carbocycles. The predicted molar refractivity (Wildman–Crippen MR) is 72.0 cm³/mol. The molecule has 0 fully saturated rings. The molecule has 0 spiro atoms. The molecule has 1 unspecified atom stereocenters. The summed E-state index contributed by atoms with van der Waals surface area (Å²) in [6.07, 6.45) is 0. The van der Waals surface area contributed by atoms with Crippen LogP contribution in [-0.2, 0) is 0 Å².